The third kappa shape index (κ3) is 1.59. The van der Waals surface area contributed by atoms with Gasteiger partial charge in [-0.3, -0.25) is 0 Å². The molecule has 0 aliphatic heterocycles. The van der Waals surface area contributed by atoms with Crippen LogP contribution in [0.3, 0.4) is 0 Å². The fraction of sp³-hybridized carbons (Fsp3) is 0.571. The van der Waals surface area contributed by atoms with Crippen LogP contribution in [0.5, 0.6) is 0 Å². The summed E-state index contributed by atoms with van der Waals surface area (Å²) in [6.07, 6.45) is 1.87. The van der Waals surface area contributed by atoms with E-state index < -0.39 is 0 Å². The van der Waals surface area contributed by atoms with E-state index in [-0.39, 0.29) is 11.5 Å². The van der Waals surface area contributed by atoms with Gasteiger partial charge in [-0.15, -0.1) is 0 Å². The normalized spacial score (nSPS) is 23.7. The van der Waals surface area contributed by atoms with Crippen molar-refractivity contribution in [3.8, 4) is 0 Å². The zero-order chi connectivity index (χ0) is 11.2. The van der Waals surface area contributed by atoms with Crippen molar-refractivity contribution in [2.24, 2.45) is 5.41 Å². The number of hydrogen-bond donors (Lipinski definition) is 1. The number of fused-ring (bicyclic) bond motifs is 1. The highest BCUT2D eigenvalue weighted by atomic mass is 16.3. The Morgan fingerprint density at radius 1 is 1.20 bits per heavy atom. The predicted octanol–water partition coefficient (Wildman–Crippen LogP) is 3.31. The van der Waals surface area contributed by atoms with Gasteiger partial charge in [-0.2, -0.15) is 0 Å². The summed E-state index contributed by atoms with van der Waals surface area (Å²) >= 11 is 0. The van der Waals surface area contributed by atoms with Gasteiger partial charge in [0.05, 0.1) is 6.10 Å². The van der Waals surface area contributed by atoms with E-state index in [1.807, 2.05) is 0 Å². The zero-order valence-electron chi connectivity index (χ0n) is 10.1. The van der Waals surface area contributed by atoms with Crippen molar-refractivity contribution < 1.29 is 5.11 Å². The molecular weight excluding hydrogens is 184 g/mol. The van der Waals surface area contributed by atoms with Crippen LogP contribution in [-0.2, 0) is 6.42 Å². The van der Waals surface area contributed by atoms with Crippen molar-refractivity contribution in [1.29, 1.82) is 0 Å². The molecule has 0 amide bonds. The highest BCUT2D eigenvalue weighted by Gasteiger charge is 2.35. The summed E-state index contributed by atoms with van der Waals surface area (Å²) in [6, 6.07) is 4.29. The molecule has 1 aliphatic rings. The van der Waals surface area contributed by atoms with Crippen LogP contribution >= 0.6 is 0 Å². The molecule has 1 aromatic rings. The topological polar surface area (TPSA) is 20.2 Å². The van der Waals surface area contributed by atoms with E-state index in [0.29, 0.717) is 0 Å². The van der Waals surface area contributed by atoms with E-state index in [9.17, 15) is 5.11 Å². The first kappa shape index (κ1) is 10.7. The molecule has 0 saturated carbocycles. The number of hydrogen-bond acceptors (Lipinski definition) is 1. The molecule has 0 fully saturated rings. The van der Waals surface area contributed by atoms with Crippen LogP contribution in [-0.4, -0.2) is 5.11 Å². The highest BCUT2D eigenvalue weighted by molar-refractivity contribution is 5.43. The molecular formula is C14H20O. The van der Waals surface area contributed by atoms with E-state index >= 15 is 0 Å². The van der Waals surface area contributed by atoms with Crippen LogP contribution in [0.2, 0.25) is 0 Å². The molecule has 1 aromatic carbocycles. The first-order chi connectivity index (χ1) is 6.93. The lowest BCUT2D eigenvalue weighted by Crippen LogP contribution is -2.29. The first-order valence-corrected chi connectivity index (χ1v) is 5.70. The fourth-order valence-corrected chi connectivity index (χ4v) is 2.58. The SMILES string of the molecule is Cc1ccc(C)c2c1CCC(C)(C)[C@@H]2O. The molecule has 82 valence electrons. The largest absolute Gasteiger partial charge is 0.388 e. The van der Waals surface area contributed by atoms with E-state index in [0.717, 1.165) is 12.8 Å². The molecule has 0 heterocycles. The summed E-state index contributed by atoms with van der Waals surface area (Å²) in [6.45, 7) is 8.55. The molecule has 0 radical (unpaired) electrons. The number of benzene rings is 1. The van der Waals surface area contributed by atoms with Crippen molar-refractivity contribution in [3.05, 3.63) is 34.4 Å². The van der Waals surface area contributed by atoms with E-state index in [1.165, 1.54) is 22.3 Å². The van der Waals surface area contributed by atoms with E-state index in [2.05, 4.69) is 39.8 Å². The third-order valence-corrected chi connectivity index (χ3v) is 3.84. The van der Waals surface area contributed by atoms with Crippen LogP contribution in [0.4, 0.5) is 0 Å². The lowest BCUT2D eigenvalue weighted by atomic mass is 9.70. The Balaban J connectivity index is 2.60. The van der Waals surface area contributed by atoms with E-state index in [4.69, 9.17) is 0 Å². The summed E-state index contributed by atoms with van der Waals surface area (Å²) in [4.78, 5) is 0. The second-order valence-electron chi connectivity index (χ2n) is 5.48. The number of aliphatic hydroxyl groups excluding tert-OH is 1. The fourth-order valence-electron chi connectivity index (χ4n) is 2.58. The van der Waals surface area contributed by atoms with Crippen LogP contribution in [0.1, 0.15) is 48.6 Å². The maximum Gasteiger partial charge on any atom is 0.0846 e. The Labute approximate surface area is 92.1 Å². The summed E-state index contributed by atoms with van der Waals surface area (Å²) in [5.74, 6) is 0. The molecule has 0 spiro atoms. The molecule has 0 bridgehead atoms. The Morgan fingerprint density at radius 3 is 2.47 bits per heavy atom. The van der Waals surface area contributed by atoms with Gasteiger partial charge in [-0.25, -0.2) is 0 Å². The second kappa shape index (κ2) is 3.34. The summed E-state index contributed by atoms with van der Waals surface area (Å²) in [5, 5.41) is 10.4. The van der Waals surface area contributed by atoms with Gasteiger partial charge in [-0.1, -0.05) is 26.0 Å². The predicted molar refractivity (Wildman–Crippen MR) is 63.0 cm³/mol. The van der Waals surface area contributed by atoms with Gasteiger partial charge in [0, 0.05) is 0 Å². The molecule has 1 nitrogen and oxygen atoms in total. The quantitative estimate of drug-likeness (QED) is 0.687. The van der Waals surface area contributed by atoms with Crippen LogP contribution in [0.25, 0.3) is 0 Å². The third-order valence-electron chi connectivity index (χ3n) is 3.84. The average Bonchev–Trinajstić information content (AvgIpc) is 2.16. The molecule has 15 heavy (non-hydrogen) atoms. The average molecular weight is 204 g/mol. The second-order valence-corrected chi connectivity index (χ2v) is 5.48. The van der Waals surface area contributed by atoms with Crippen molar-refractivity contribution in [3.63, 3.8) is 0 Å². The van der Waals surface area contributed by atoms with Crippen LogP contribution in [0, 0.1) is 19.3 Å². The monoisotopic (exact) mass is 204 g/mol. The molecule has 0 aromatic heterocycles. The van der Waals surface area contributed by atoms with Crippen molar-refractivity contribution in [2.45, 2.75) is 46.6 Å². The molecule has 1 heteroatoms. The minimum Gasteiger partial charge on any atom is -0.388 e. The van der Waals surface area contributed by atoms with Crippen molar-refractivity contribution >= 4 is 0 Å². The Hall–Kier alpha value is -0.820. The van der Waals surface area contributed by atoms with Crippen LogP contribution in [0.15, 0.2) is 12.1 Å². The summed E-state index contributed by atoms with van der Waals surface area (Å²) in [5.41, 5.74) is 5.14. The van der Waals surface area contributed by atoms with Gasteiger partial charge in [0.1, 0.15) is 0 Å². The minimum absolute atomic E-state index is 0.0194. The van der Waals surface area contributed by atoms with Gasteiger partial charge < -0.3 is 5.11 Å². The Bertz CT molecular complexity index is 391. The molecule has 0 unspecified atom stereocenters. The standard InChI is InChI=1S/C14H20O/c1-9-5-6-10(2)12-11(9)7-8-14(3,4)13(12)15/h5-6,13,15H,7-8H2,1-4H3/t13-/m1/s1. The summed E-state index contributed by atoms with van der Waals surface area (Å²) in [7, 11) is 0. The van der Waals surface area contributed by atoms with Crippen LogP contribution < -0.4 is 0 Å². The Kier molecular flexibility index (Phi) is 2.38. The lowest BCUT2D eigenvalue weighted by Gasteiger charge is -2.38. The molecule has 0 saturated heterocycles. The Morgan fingerprint density at radius 2 is 1.80 bits per heavy atom. The number of aliphatic hydroxyl groups is 1. The zero-order valence-corrected chi connectivity index (χ0v) is 10.1. The van der Waals surface area contributed by atoms with Gasteiger partial charge >= 0.3 is 0 Å². The number of aryl methyl sites for hydroxylation is 2. The lowest BCUT2D eigenvalue weighted by molar-refractivity contribution is 0.0333. The van der Waals surface area contributed by atoms with Crippen molar-refractivity contribution in [2.75, 3.05) is 0 Å². The smallest absolute Gasteiger partial charge is 0.0846 e. The molecule has 2 rings (SSSR count). The summed E-state index contributed by atoms with van der Waals surface area (Å²) < 4.78 is 0. The van der Waals surface area contributed by atoms with Gasteiger partial charge in [0.15, 0.2) is 0 Å². The van der Waals surface area contributed by atoms with Gasteiger partial charge in [0.2, 0.25) is 0 Å². The van der Waals surface area contributed by atoms with Gasteiger partial charge in [0.25, 0.3) is 0 Å². The minimum atomic E-state index is -0.304. The maximum absolute atomic E-state index is 10.4. The molecule has 1 atom stereocenters. The molecule has 1 N–H and O–H groups in total. The first-order valence-electron chi connectivity index (χ1n) is 5.70. The van der Waals surface area contributed by atoms with E-state index in [1.54, 1.807) is 0 Å². The molecule has 1 aliphatic carbocycles. The van der Waals surface area contributed by atoms with Gasteiger partial charge in [-0.05, 0) is 54.4 Å². The highest BCUT2D eigenvalue weighted by Crippen LogP contribution is 2.45. The van der Waals surface area contributed by atoms with Crippen molar-refractivity contribution in [1.82, 2.24) is 0 Å². The number of rotatable bonds is 0. The maximum atomic E-state index is 10.4.